The van der Waals surface area contributed by atoms with Gasteiger partial charge in [-0.25, -0.2) is 16.8 Å². The molecule has 0 fully saturated rings. The molecule has 0 N–H and O–H groups in total. The van der Waals surface area contributed by atoms with E-state index in [1.54, 1.807) is 13.8 Å². The molecule has 2 aromatic rings. The number of esters is 2. The third-order valence-corrected chi connectivity index (χ3v) is 5.48. The van der Waals surface area contributed by atoms with E-state index >= 15 is 0 Å². The first-order chi connectivity index (χ1) is 16.1. The van der Waals surface area contributed by atoms with Crippen LogP contribution in [0.4, 0.5) is 0 Å². The first-order valence-electron chi connectivity index (χ1n) is 9.23. The summed E-state index contributed by atoms with van der Waals surface area (Å²) in [6.07, 6.45) is 0.483. The van der Waals surface area contributed by atoms with Crippen molar-refractivity contribution in [3.8, 4) is 11.5 Å². The van der Waals surface area contributed by atoms with Gasteiger partial charge >= 0.3 is 101 Å². The zero-order valence-corrected chi connectivity index (χ0v) is 28.3. The number of halogens is 6. The van der Waals surface area contributed by atoms with E-state index in [1.807, 2.05) is 0 Å². The molecule has 0 aliphatic heterocycles. The maximum atomic E-state index is 10.9. The number of ether oxygens (including phenoxy) is 2. The minimum atomic E-state index is -4.44. The number of carbonyl (C=O) groups is 2. The molecule has 204 valence electrons. The van der Waals surface area contributed by atoms with Crippen LogP contribution in [0.1, 0.15) is 26.7 Å². The van der Waals surface area contributed by atoms with E-state index in [0.717, 1.165) is 12.1 Å². The molecule has 0 aliphatic rings. The molecule has 0 aromatic heterocycles. The van der Waals surface area contributed by atoms with Gasteiger partial charge in [-0.1, -0.05) is 13.8 Å². The van der Waals surface area contributed by atoms with Crippen LogP contribution >= 0.6 is 70.3 Å². The molecule has 0 aliphatic carbocycles. The van der Waals surface area contributed by atoms with Crippen LogP contribution in [0.5, 0.6) is 11.5 Å². The molecule has 0 spiro atoms. The number of benzene rings is 2. The van der Waals surface area contributed by atoms with Crippen molar-refractivity contribution >= 4 is 101 Å². The average Bonchev–Trinajstić information content (AvgIpc) is 2.71. The Morgan fingerprint density at radius 2 is 1.00 bits per heavy atom. The molecule has 0 saturated heterocycles. The van der Waals surface area contributed by atoms with Gasteiger partial charge in [0.25, 0.3) is 9.05 Å². The zero-order chi connectivity index (χ0) is 28.4. The first kappa shape index (κ1) is 39.6. The first-order valence-corrected chi connectivity index (χ1v) is 19.7. The van der Waals surface area contributed by atoms with E-state index in [1.165, 1.54) is 36.4 Å². The van der Waals surface area contributed by atoms with Crippen molar-refractivity contribution in [1.82, 2.24) is 0 Å². The van der Waals surface area contributed by atoms with Crippen LogP contribution in [-0.4, -0.2) is 33.3 Å². The summed E-state index contributed by atoms with van der Waals surface area (Å²) in [6, 6.07) is 10.0. The molecule has 0 atom stereocenters. The monoisotopic (exact) mass is 706 g/mol. The number of hydrogen-bond acceptors (Lipinski definition) is 9. The van der Waals surface area contributed by atoms with Gasteiger partial charge in [-0.05, 0) is 48.5 Å². The molecule has 2 rings (SSSR count). The van der Waals surface area contributed by atoms with E-state index in [2.05, 4.69) is 0 Å². The molecule has 0 radical (unpaired) electrons. The summed E-state index contributed by atoms with van der Waals surface area (Å²) in [4.78, 5) is 21.4. The maximum absolute atomic E-state index is 10.9. The minimum absolute atomic E-state index is 0. The van der Waals surface area contributed by atoms with Gasteiger partial charge in [0, 0.05) is 23.5 Å². The Balaban J connectivity index is 0. The molecule has 9 nitrogen and oxygen atoms in total. The summed E-state index contributed by atoms with van der Waals surface area (Å²) in [5, 5.41) is 0. The molecule has 0 amide bonds. The number of rotatable bonds is 6. The van der Waals surface area contributed by atoms with E-state index < -0.39 is 28.5 Å². The Labute approximate surface area is 265 Å². The predicted octanol–water partition coefficient (Wildman–Crippen LogP) is 4.15. The maximum Gasteiger partial charge on any atom is 1.00 e. The van der Waals surface area contributed by atoms with Crippen molar-refractivity contribution in [2.45, 2.75) is 36.5 Å². The number of carbonyl (C=O) groups excluding carboxylic acids is 2. The SMILES string of the molecule is CCC(=O)Oc1ccc(S(=O)(=O)Cl)cc1.CCC(=O)Oc1ccc(S(=O)(=O)[O-])cc1.ClP(Cl)(Cl)(Cl)Cl.[Na+]. The van der Waals surface area contributed by atoms with Crippen molar-refractivity contribution in [1.29, 1.82) is 0 Å². The van der Waals surface area contributed by atoms with Gasteiger partial charge in [-0.2, -0.15) is 0 Å². The van der Waals surface area contributed by atoms with Crippen LogP contribution < -0.4 is 39.0 Å². The molecular weight excluding hydrogens is 691 g/mol. The summed E-state index contributed by atoms with van der Waals surface area (Å²) in [7, 11) is -3.06. The van der Waals surface area contributed by atoms with Crippen LogP contribution in [0.3, 0.4) is 0 Å². The van der Waals surface area contributed by atoms with Crippen molar-refractivity contribution in [2.75, 3.05) is 0 Å². The van der Waals surface area contributed by atoms with E-state index in [4.69, 9.17) is 76.4 Å². The molecule has 0 bridgehead atoms. The predicted molar refractivity (Wildman–Crippen MR) is 142 cm³/mol. The summed E-state index contributed by atoms with van der Waals surface area (Å²) >= 11 is 24.9. The summed E-state index contributed by atoms with van der Waals surface area (Å²) in [5.41, 5.74) is 0. The molecule has 2 aromatic carbocycles. The largest absolute Gasteiger partial charge is 1.00 e. The van der Waals surface area contributed by atoms with E-state index in [0.29, 0.717) is 5.75 Å². The molecule has 19 heteroatoms. The molecular formula is C18H18Cl6NaO9PS2. The fourth-order valence-corrected chi connectivity index (χ4v) is 2.99. The Kier molecular flexibility index (Phi) is 17.8. The summed E-state index contributed by atoms with van der Waals surface area (Å²) in [6.45, 7) is 3.30. The van der Waals surface area contributed by atoms with Gasteiger partial charge in [0.1, 0.15) is 21.6 Å². The summed E-state index contributed by atoms with van der Waals surface area (Å²) in [5.74, 6) is -0.288. The third kappa shape index (κ3) is 21.9. The quantitative estimate of drug-likeness (QED) is 0.108. The van der Waals surface area contributed by atoms with Crippen LogP contribution in [0, 0.1) is 0 Å². The van der Waals surface area contributed by atoms with Crippen molar-refractivity contribution < 1.29 is 70.0 Å². The van der Waals surface area contributed by atoms with E-state index in [9.17, 15) is 31.0 Å². The number of hydrogen-bond donors (Lipinski definition) is 0. The molecule has 0 heterocycles. The van der Waals surface area contributed by atoms with Crippen molar-refractivity contribution in [3.63, 3.8) is 0 Å². The normalized spacial score (nSPS) is 12.1. The Morgan fingerprint density at radius 3 is 1.22 bits per heavy atom. The third-order valence-electron chi connectivity index (χ3n) is 3.26. The van der Waals surface area contributed by atoms with Crippen LogP contribution in [0.25, 0.3) is 0 Å². The smallest absolute Gasteiger partial charge is 1.00 e. The summed E-state index contributed by atoms with van der Waals surface area (Å²) < 4.78 is 59.4. The molecule has 0 unspecified atom stereocenters. The van der Waals surface area contributed by atoms with Gasteiger partial charge < -0.3 is 14.0 Å². The second-order valence-electron chi connectivity index (χ2n) is 6.13. The fourth-order valence-electron chi connectivity index (χ4n) is 1.75. The molecule has 37 heavy (non-hydrogen) atoms. The standard InChI is InChI=1S/C9H9ClO4S.C9H10O5S.Cl5P.Na/c1-2-9(11)14-7-3-5-8(6-4-7)15(10,12)13;1-2-9(10)14-7-3-5-8(6-4-7)15(11,12)13;1-6(2,3,4)5;/h3-6H,2H2,1H3;3-6H,2H2,1H3,(H,11,12,13);;/q;;;+1/p-1. The van der Waals surface area contributed by atoms with Gasteiger partial charge in [-0.3, -0.25) is 9.59 Å². The fraction of sp³-hybridized carbons (Fsp3) is 0.222. The Bertz CT molecular complexity index is 1140. The average molecular weight is 709 g/mol. The van der Waals surface area contributed by atoms with Gasteiger partial charge in [-0.15, -0.1) is 0 Å². The van der Waals surface area contributed by atoms with Crippen LogP contribution in [-0.2, 0) is 28.8 Å². The van der Waals surface area contributed by atoms with Gasteiger partial charge in [0.2, 0.25) is 0 Å². The van der Waals surface area contributed by atoms with Crippen LogP contribution in [0.2, 0.25) is 0 Å². The zero-order valence-electron chi connectivity index (χ0n) is 19.2. The second-order valence-corrected chi connectivity index (χ2v) is 26.7. The van der Waals surface area contributed by atoms with Gasteiger partial charge in [0.15, 0.2) is 0 Å². The van der Waals surface area contributed by atoms with E-state index in [-0.39, 0.29) is 63.9 Å². The Hall–Kier alpha value is 0.410. The van der Waals surface area contributed by atoms with Crippen molar-refractivity contribution in [3.05, 3.63) is 48.5 Å². The topological polar surface area (TPSA) is 144 Å². The molecule has 0 saturated carbocycles. The van der Waals surface area contributed by atoms with Gasteiger partial charge in [0.05, 0.1) is 9.79 Å². The second kappa shape index (κ2) is 16.6. The van der Waals surface area contributed by atoms with Crippen LogP contribution in [0.15, 0.2) is 58.3 Å². The Morgan fingerprint density at radius 1 is 0.730 bits per heavy atom. The van der Waals surface area contributed by atoms with Crippen molar-refractivity contribution in [2.24, 2.45) is 0 Å². The minimum Gasteiger partial charge on any atom is 1.00 e.